The Morgan fingerprint density at radius 1 is 0.537 bits per heavy atom. The molecule has 0 atom stereocenters. The lowest BCUT2D eigenvalue weighted by Gasteiger charge is -2.34. The maximum absolute atomic E-state index is 13.3. The van der Waals surface area contributed by atoms with Gasteiger partial charge in [-0.15, -0.1) is 0 Å². The third-order valence-electron chi connectivity index (χ3n) is 8.03. The Morgan fingerprint density at radius 3 is 1.80 bits per heavy atom. The molecule has 196 valence electrons. The lowest BCUT2D eigenvalue weighted by Crippen LogP contribution is -2.28. The summed E-state index contributed by atoms with van der Waals surface area (Å²) in [5, 5.41) is 3.19. The van der Waals surface area contributed by atoms with Crippen molar-refractivity contribution in [3.8, 4) is 22.3 Å². The van der Waals surface area contributed by atoms with Crippen LogP contribution in [0.3, 0.4) is 0 Å². The van der Waals surface area contributed by atoms with Gasteiger partial charge < -0.3 is 5.32 Å². The van der Waals surface area contributed by atoms with Crippen molar-refractivity contribution in [1.29, 1.82) is 0 Å². The van der Waals surface area contributed by atoms with E-state index in [1.54, 1.807) is 0 Å². The van der Waals surface area contributed by atoms with Crippen LogP contribution in [-0.4, -0.2) is 5.91 Å². The molecule has 0 saturated carbocycles. The molecule has 2 nitrogen and oxygen atoms in total. The minimum atomic E-state index is -0.473. The topological polar surface area (TPSA) is 29.1 Å². The van der Waals surface area contributed by atoms with Gasteiger partial charge in [-0.3, -0.25) is 4.79 Å². The molecule has 0 aromatic heterocycles. The third-order valence-corrected chi connectivity index (χ3v) is 8.53. The summed E-state index contributed by atoms with van der Waals surface area (Å²) in [6.07, 6.45) is 0. The van der Waals surface area contributed by atoms with Crippen LogP contribution >= 0.6 is 15.9 Å². The molecule has 1 N–H and O–H groups in total. The normalized spacial score (nSPS) is 12.8. The summed E-state index contributed by atoms with van der Waals surface area (Å²) in [7, 11) is 0. The molecule has 0 fully saturated rings. The highest BCUT2D eigenvalue weighted by Gasteiger charge is 2.46. The van der Waals surface area contributed by atoms with Gasteiger partial charge in [0.1, 0.15) is 0 Å². The Labute approximate surface area is 248 Å². The quantitative estimate of drug-likeness (QED) is 0.212. The summed E-state index contributed by atoms with van der Waals surface area (Å²) in [6.45, 7) is 0. The molecule has 3 heteroatoms. The number of hydrogen-bond acceptors (Lipinski definition) is 1. The summed E-state index contributed by atoms with van der Waals surface area (Å²) in [5.74, 6) is -0.144. The van der Waals surface area contributed by atoms with Crippen molar-refractivity contribution in [2.24, 2.45) is 0 Å². The second-order valence-corrected chi connectivity index (χ2v) is 11.2. The minimum Gasteiger partial charge on any atom is -0.321 e. The molecule has 1 aliphatic rings. The molecule has 6 aromatic carbocycles. The van der Waals surface area contributed by atoms with Crippen LogP contribution in [0.5, 0.6) is 0 Å². The Morgan fingerprint density at radius 2 is 1.10 bits per heavy atom. The number of amides is 1. The molecule has 1 amide bonds. The van der Waals surface area contributed by atoms with E-state index < -0.39 is 5.41 Å². The van der Waals surface area contributed by atoms with E-state index in [4.69, 9.17) is 0 Å². The van der Waals surface area contributed by atoms with Crippen LogP contribution in [0.4, 0.5) is 5.69 Å². The van der Waals surface area contributed by atoms with Gasteiger partial charge in [0, 0.05) is 21.3 Å². The Bertz CT molecular complexity index is 1860. The molecule has 7 rings (SSSR count). The van der Waals surface area contributed by atoms with Gasteiger partial charge in [-0.1, -0.05) is 143 Å². The van der Waals surface area contributed by atoms with Crippen molar-refractivity contribution in [2.45, 2.75) is 5.41 Å². The van der Waals surface area contributed by atoms with Crippen LogP contribution in [0.1, 0.15) is 32.6 Å². The van der Waals surface area contributed by atoms with Crippen molar-refractivity contribution in [1.82, 2.24) is 0 Å². The molecular weight excluding hydrogens is 566 g/mol. The van der Waals surface area contributed by atoms with Crippen molar-refractivity contribution in [3.05, 3.63) is 184 Å². The molecule has 0 heterocycles. The predicted octanol–water partition coefficient (Wildman–Crippen LogP) is 9.73. The number of hydrogen-bond donors (Lipinski definition) is 1. The summed E-state index contributed by atoms with van der Waals surface area (Å²) >= 11 is 3.49. The highest BCUT2D eigenvalue weighted by molar-refractivity contribution is 9.10. The molecule has 0 unspecified atom stereocenters. The van der Waals surface area contributed by atoms with Gasteiger partial charge in [-0.05, 0) is 63.2 Å². The van der Waals surface area contributed by atoms with Gasteiger partial charge in [0.15, 0.2) is 0 Å². The lowest BCUT2D eigenvalue weighted by atomic mass is 9.67. The van der Waals surface area contributed by atoms with Crippen molar-refractivity contribution in [3.63, 3.8) is 0 Å². The first-order chi connectivity index (χ1) is 20.2. The highest BCUT2D eigenvalue weighted by Crippen LogP contribution is 2.58. The van der Waals surface area contributed by atoms with Gasteiger partial charge >= 0.3 is 0 Å². The highest BCUT2D eigenvalue weighted by atomic mass is 79.9. The van der Waals surface area contributed by atoms with Crippen molar-refractivity contribution in [2.75, 3.05) is 5.32 Å². The van der Waals surface area contributed by atoms with E-state index in [2.05, 4.69) is 130 Å². The number of para-hydroxylation sites is 1. The molecular formula is C38H26BrNO. The maximum atomic E-state index is 13.3. The van der Waals surface area contributed by atoms with E-state index in [1.807, 2.05) is 42.5 Å². The first-order valence-electron chi connectivity index (χ1n) is 13.7. The van der Waals surface area contributed by atoms with E-state index in [0.717, 1.165) is 21.3 Å². The van der Waals surface area contributed by atoms with Gasteiger partial charge in [0.2, 0.25) is 0 Å². The standard InChI is InChI=1S/C38H26BrNO/c39-29-18-11-13-26(25-29)37(41)40-35-24-10-8-19-30(35)31-21-12-23-34-36(31)32-20-7-9-22-33(32)38(34,27-14-3-1-4-15-27)28-16-5-2-6-17-28/h1-25H,(H,40,41). The second kappa shape index (κ2) is 10.3. The van der Waals surface area contributed by atoms with E-state index in [1.165, 1.54) is 33.4 Å². The molecule has 1 aliphatic carbocycles. The second-order valence-electron chi connectivity index (χ2n) is 10.3. The number of fused-ring (bicyclic) bond motifs is 3. The van der Waals surface area contributed by atoms with Gasteiger partial charge in [-0.2, -0.15) is 0 Å². The number of carbonyl (C=O) groups is 1. The van der Waals surface area contributed by atoms with Crippen molar-refractivity contribution >= 4 is 27.5 Å². The van der Waals surface area contributed by atoms with E-state index in [9.17, 15) is 4.79 Å². The Hall–Kier alpha value is -4.73. The lowest BCUT2D eigenvalue weighted by molar-refractivity contribution is 0.102. The van der Waals surface area contributed by atoms with E-state index in [0.29, 0.717) is 5.56 Å². The first kappa shape index (κ1) is 25.3. The van der Waals surface area contributed by atoms with Crippen LogP contribution in [0.2, 0.25) is 0 Å². The van der Waals surface area contributed by atoms with Crippen LogP contribution in [-0.2, 0) is 5.41 Å². The summed E-state index contributed by atoms with van der Waals surface area (Å²) in [6, 6.07) is 52.4. The minimum absolute atomic E-state index is 0.144. The number of carbonyl (C=O) groups excluding carboxylic acids is 1. The summed E-state index contributed by atoms with van der Waals surface area (Å²) < 4.78 is 0.870. The predicted molar refractivity (Wildman–Crippen MR) is 171 cm³/mol. The average Bonchev–Trinajstić information content (AvgIpc) is 3.34. The van der Waals surface area contributed by atoms with Crippen LogP contribution in [0, 0.1) is 0 Å². The van der Waals surface area contributed by atoms with Gasteiger partial charge in [0.25, 0.3) is 5.91 Å². The van der Waals surface area contributed by atoms with Crippen molar-refractivity contribution < 1.29 is 4.79 Å². The van der Waals surface area contributed by atoms with Gasteiger partial charge in [-0.25, -0.2) is 0 Å². The number of benzene rings is 6. The monoisotopic (exact) mass is 591 g/mol. The number of rotatable bonds is 5. The first-order valence-corrected chi connectivity index (χ1v) is 14.5. The number of halogens is 1. The summed E-state index contributed by atoms with van der Waals surface area (Å²) in [4.78, 5) is 13.3. The Balaban J connectivity index is 1.47. The molecule has 0 bridgehead atoms. The molecule has 0 saturated heterocycles. The molecule has 6 aromatic rings. The molecule has 0 radical (unpaired) electrons. The van der Waals surface area contributed by atoms with Crippen LogP contribution in [0.15, 0.2) is 156 Å². The molecule has 0 spiro atoms. The number of nitrogens with one attached hydrogen (secondary N) is 1. The molecule has 0 aliphatic heterocycles. The fourth-order valence-corrected chi connectivity index (χ4v) is 6.77. The Kier molecular flexibility index (Phi) is 6.37. The smallest absolute Gasteiger partial charge is 0.255 e. The van der Waals surface area contributed by atoms with E-state index >= 15 is 0 Å². The third kappa shape index (κ3) is 4.13. The van der Waals surface area contributed by atoms with Gasteiger partial charge in [0.05, 0.1) is 5.41 Å². The van der Waals surface area contributed by atoms with Crippen LogP contribution in [0.25, 0.3) is 22.3 Å². The zero-order valence-electron chi connectivity index (χ0n) is 22.2. The zero-order chi connectivity index (χ0) is 27.8. The fourth-order valence-electron chi connectivity index (χ4n) is 6.37. The largest absolute Gasteiger partial charge is 0.321 e. The SMILES string of the molecule is O=C(Nc1ccccc1-c1cccc2c1-c1ccccc1C2(c1ccccc1)c1ccccc1)c1cccc(Br)c1. The summed E-state index contributed by atoms with van der Waals surface area (Å²) in [5.41, 5.74) is 10.3. The maximum Gasteiger partial charge on any atom is 0.255 e. The average molecular weight is 593 g/mol. The number of anilines is 1. The zero-order valence-corrected chi connectivity index (χ0v) is 23.8. The van der Waals surface area contributed by atoms with E-state index in [-0.39, 0.29) is 5.91 Å². The van der Waals surface area contributed by atoms with Crippen LogP contribution < -0.4 is 5.32 Å². The fraction of sp³-hybridized carbons (Fsp3) is 0.0263. The molecule has 41 heavy (non-hydrogen) atoms.